The second-order valence-corrected chi connectivity index (χ2v) is 7.13. The fraction of sp³-hybridized carbons (Fsp3) is 0.304. The molecular weight excluding hydrogens is 384 g/mol. The van der Waals surface area contributed by atoms with Crippen LogP contribution in [0.2, 0.25) is 0 Å². The summed E-state index contributed by atoms with van der Waals surface area (Å²) in [6.07, 6.45) is 3.33. The molecule has 1 aliphatic carbocycles. The number of hydrogen-bond acceptors (Lipinski definition) is 7. The van der Waals surface area contributed by atoms with E-state index in [0.717, 1.165) is 19.3 Å². The Hall–Kier alpha value is -3.48. The average Bonchev–Trinajstić information content (AvgIpc) is 3.44. The Balaban J connectivity index is 1.28. The van der Waals surface area contributed by atoms with Crippen molar-refractivity contribution in [2.75, 3.05) is 7.11 Å². The highest BCUT2D eigenvalue weighted by Gasteiger charge is 2.17. The molecule has 3 aromatic rings. The number of aromatic nitrogens is 2. The third-order valence-corrected chi connectivity index (χ3v) is 5.15. The lowest BCUT2D eigenvalue weighted by molar-refractivity contribution is -0.145. The molecule has 0 amide bonds. The molecule has 0 saturated heterocycles. The first-order valence-corrected chi connectivity index (χ1v) is 9.90. The quantitative estimate of drug-likeness (QED) is 0.413. The van der Waals surface area contributed by atoms with E-state index in [9.17, 15) is 9.59 Å². The Morgan fingerprint density at radius 2 is 1.90 bits per heavy atom. The highest BCUT2D eigenvalue weighted by molar-refractivity contribution is 5.97. The van der Waals surface area contributed by atoms with Gasteiger partial charge in [-0.15, -0.1) is 0 Å². The first kappa shape index (κ1) is 19.8. The van der Waals surface area contributed by atoms with Crippen molar-refractivity contribution < 1.29 is 23.6 Å². The third kappa shape index (κ3) is 4.40. The van der Waals surface area contributed by atoms with Crippen molar-refractivity contribution in [3.05, 3.63) is 65.0 Å². The topological polar surface area (TPSA) is 91.5 Å². The van der Waals surface area contributed by atoms with Crippen molar-refractivity contribution in [1.29, 1.82) is 0 Å². The third-order valence-electron chi connectivity index (χ3n) is 5.15. The number of aryl methyl sites for hydroxylation is 2. The Labute approximate surface area is 174 Å². The Bertz CT molecular complexity index is 1070. The number of ether oxygens (including phenoxy) is 2. The number of esters is 1. The van der Waals surface area contributed by atoms with Crippen molar-refractivity contribution in [3.8, 4) is 17.1 Å². The monoisotopic (exact) mass is 406 g/mol. The van der Waals surface area contributed by atoms with Gasteiger partial charge in [-0.1, -0.05) is 29.4 Å². The maximum atomic E-state index is 12.4. The van der Waals surface area contributed by atoms with Crippen molar-refractivity contribution in [1.82, 2.24) is 10.1 Å². The van der Waals surface area contributed by atoms with E-state index in [-0.39, 0.29) is 31.1 Å². The van der Waals surface area contributed by atoms with Crippen LogP contribution >= 0.6 is 0 Å². The van der Waals surface area contributed by atoms with Crippen LogP contribution < -0.4 is 4.74 Å². The van der Waals surface area contributed by atoms with Gasteiger partial charge in [-0.2, -0.15) is 4.98 Å². The zero-order valence-corrected chi connectivity index (χ0v) is 16.7. The summed E-state index contributed by atoms with van der Waals surface area (Å²) in [5.74, 6) is 0.603. The van der Waals surface area contributed by atoms with Crippen LogP contribution in [0.15, 0.2) is 47.0 Å². The number of methoxy groups -OCH3 is 1. The molecule has 0 saturated carbocycles. The minimum Gasteiger partial charge on any atom is -0.496 e. The average molecular weight is 406 g/mol. The predicted octanol–water partition coefficient (Wildman–Crippen LogP) is 3.94. The Morgan fingerprint density at radius 3 is 2.77 bits per heavy atom. The summed E-state index contributed by atoms with van der Waals surface area (Å²) in [6.45, 7) is -0.145. The largest absolute Gasteiger partial charge is 0.496 e. The molecule has 7 nitrogen and oxygen atoms in total. The van der Waals surface area contributed by atoms with Crippen LogP contribution in [0.4, 0.5) is 0 Å². The number of para-hydroxylation sites is 1. The van der Waals surface area contributed by atoms with E-state index in [1.165, 1.54) is 11.1 Å². The molecule has 0 bridgehead atoms. The van der Waals surface area contributed by atoms with E-state index in [4.69, 9.17) is 14.0 Å². The van der Waals surface area contributed by atoms with Crippen molar-refractivity contribution in [3.63, 3.8) is 0 Å². The number of benzene rings is 2. The lowest BCUT2D eigenvalue weighted by Gasteiger charge is -2.05. The number of ketones is 1. The summed E-state index contributed by atoms with van der Waals surface area (Å²) >= 11 is 0. The zero-order valence-electron chi connectivity index (χ0n) is 16.7. The van der Waals surface area contributed by atoms with E-state index >= 15 is 0 Å². The van der Waals surface area contributed by atoms with Crippen molar-refractivity contribution in [2.24, 2.45) is 0 Å². The van der Waals surface area contributed by atoms with Gasteiger partial charge in [-0.05, 0) is 48.6 Å². The second-order valence-electron chi connectivity index (χ2n) is 7.13. The van der Waals surface area contributed by atoms with Gasteiger partial charge in [-0.25, -0.2) is 0 Å². The lowest BCUT2D eigenvalue weighted by Crippen LogP contribution is -2.08. The molecule has 154 valence electrons. The van der Waals surface area contributed by atoms with E-state index in [2.05, 4.69) is 10.1 Å². The van der Waals surface area contributed by atoms with Gasteiger partial charge >= 0.3 is 5.97 Å². The Kier molecular flexibility index (Phi) is 5.88. The van der Waals surface area contributed by atoms with Gasteiger partial charge in [0.25, 0.3) is 5.89 Å². The van der Waals surface area contributed by atoms with E-state index in [0.29, 0.717) is 22.7 Å². The molecule has 0 N–H and O–H groups in total. The number of rotatable bonds is 8. The maximum absolute atomic E-state index is 12.4. The first-order chi connectivity index (χ1) is 14.6. The smallest absolute Gasteiger partial charge is 0.306 e. The molecule has 0 fully saturated rings. The normalized spacial score (nSPS) is 12.4. The first-order valence-electron chi connectivity index (χ1n) is 9.90. The summed E-state index contributed by atoms with van der Waals surface area (Å²) < 4.78 is 15.6. The maximum Gasteiger partial charge on any atom is 0.306 e. The molecule has 0 atom stereocenters. The summed E-state index contributed by atoms with van der Waals surface area (Å²) in [7, 11) is 1.56. The predicted molar refractivity (Wildman–Crippen MR) is 108 cm³/mol. The number of fused-ring (bicyclic) bond motifs is 1. The molecule has 7 heteroatoms. The minimum atomic E-state index is -0.485. The molecule has 2 aromatic carbocycles. The van der Waals surface area contributed by atoms with Gasteiger partial charge < -0.3 is 14.0 Å². The molecule has 1 heterocycles. The van der Waals surface area contributed by atoms with Crippen LogP contribution in [0.3, 0.4) is 0 Å². The summed E-state index contributed by atoms with van der Waals surface area (Å²) in [6, 6.07) is 13.1. The van der Waals surface area contributed by atoms with Gasteiger partial charge in [-0.3, -0.25) is 9.59 Å². The molecule has 1 aliphatic rings. The number of nitrogens with zero attached hydrogens (tertiary/aromatic N) is 2. The summed E-state index contributed by atoms with van der Waals surface area (Å²) in [5, 5.41) is 3.90. The van der Waals surface area contributed by atoms with Gasteiger partial charge in [0.05, 0.1) is 19.1 Å². The highest BCUT2D eigenvalue weighted by atomic mass is 16.6. The molecule has 1 aromatic heterocycles. The molecule has 0 radical (unpaired) electrons. The molecular formula is C23H22N2O5. The van der Waals surface area contributed by atoms with Crippen LogP contribution in [0.5, 0.6) is 5.75 Å². The van der Waals surface area contributed by atoms with Crippen LogP contribution in [0.1, 0.15) is 46.6 Å². The highest BCUT2D eigenvalue weighted by Crippen LogP contribution is 2.27. The van der Waals surface area contributed by atoms with Gasteiger partial charge in [0, 0.05) is 12.0 Å². The van der Waals surface area contributed by atoms with E-state index in [1.54, 1.807) is 13.2 Å². The summed E-state index contributed by atoms with van der Waals surface area (Å²) in [4.78, 5) is 28.7. The zero-order chi connectivity index (χ0) is 20.9. The second kappa shape index (κ2) is 8.90. The van der Waals surface area contributed by atoms with Crippen LogP contribution in [-0.4, -0.2) is 29.0 Å². The fourth-order valence-corrected chi connectivity index (χ4v) is 3.57. The van der Waals surface area contributed by atoms with Gasteiger partial charge in [0.15, 0.2) is 12.4 Å². The van der Waals surface area contributed by atoms with E-state index in [1.807, 2.05) is 36.4 Å². The van der Waals surface area contributed by atoms with Crippen molar-refractivity contribution in [2.45, 2.75) is 38.7 Å². The molecule has 0 spiro atoms. The lowest BCUT2D eigenvalue weighted by atomic mass is 10.0. The SMILES string of the molecule is COc1ccccc1-c1noc(COC(=O)CCC(=O)c2ccc3c(c2)CCC3)n1. The summed E-state index contributed by atoms with van der Waals surface area (Å²) in [5.41, 5.74) is 3.90. The number of carbonyl (C=O) groups excluding carboxylic acids is 2. The van der Waals surface area contributed by atoms with E-state index < -0.39 is 5.97 Å². The minimum absolute atomic E-state index is 0.00339. The van der Waals surface area contributed by atoms with Gasteiger partial charge in [0.2, 0.25) is 5.82 Å². The molecule has 0 unspecified atom stereocenters. The standard InChI is InChI=1S/C23H22N2O5/c1-28-20-8-3-2-7-18(20)23-24-21(30-25-23)14-29-22(27)12-11-19(26)17-10-9-15-5-4-6-16(15)13-17/h2-3,7-10,13H,4-6,11-12,14H2,1H3. The van der Waals surface area contributed by atoms with Crippen LogP contribution in [-0.2, 0) is 29.0 Å². The Morgan fingerprint density at radius 1 is 1.07 bits per heavy atom. The number of hydrogen-bond donors (Lipinski definition) is 0. The fourth-order valence-electron chi connectivity index (χ4n) is 3.57. The number of carbonyl (C=O) groups is 2. The van der Waals surface area contributed by atoms with Crippen LogP contribution in [0, 0.1) is 0 Å². The van der Waals surface area contributed by atoms with Crippen LogP contribution in [0.25, 0.3) is 11.4 Å². The molecule has 30 heavy (non-hydrogen) atoms. The number of Topliss-reactive ketones (excluding diaryl/α,β-unsaturated/α-hetero) is 1. The van der Waals surface area contributed by atoms with Crippen molar-refractivity contribution >= 4 is 11.8 Å². The van der Waals surface area contributed by atoms with Gasteiger partial charge in [0.1, 0.15) is 5.75 Å². The molecule has 0 aliphatic heterocycles. The molecule has 4 rings (SSSR count).